The van der Waals surface area contributed by atoms with Gasteiger partial charge in [-0.05, 0) is 24.3 Å². The minimum Gasteiger partial charge on any atom is -0.331 e. The van der Waals surface area contributed by atoms with Crippen LogP contribution in [0.5, 0.6) is 0 Å². The maximum atomic E-state index is 13.9. The smallest absolute Gasteiger partial charge is 0.128 e. The Morgan fingerprint density at radius 1 is 1.29 bits per heavy atom. The van der Waals surface area contributed by atoms with Crippen LogP contribution in [0.3, 0.4) is 0 Å². The van der Waals surface area contributed by atoms with Gasteiger partial charge in [0.1, 0.15) is 23.2 Å². The van der Waals surface area contributed by atoms with Crippen molar-refractivity contribution in [2.24, 2.45) is 7.05 Å². The van der Waals surface area contributed by atoms with Gasteiger partial charge in [-0.1, -0.05) is 23.7 Å². The van der Waals surface area contributed by atoms with Crippen molar-refractivity contribution >= 4 is 22.6 Å². The van der Waals surface area contributed by atoms with E-state index in [0.717, 1.165) is 5.52 Å². The molecule has 0 spiro atoms. The van der Waals surface area contributed by atoms with Crippen LogP contribution in [-0.4, -0.2) is 9.55 Å². The third kappa shape index (κ3) is 2.26. The van der Waals surface area contributed by atoms with E-state index in [-0.39, 0.29) is 12.2 Å². The Hall–Kier alpha value is -2.38. The molecule has 0 radical (unpaired) electrons. The number of fused-ring (bicyclic) bond motifs is 1. The van der Waals surface area contributed by atoms with E-state index in [1.165, 1.54) is 6.07 Å². The summed E-state index contributed by atoms with van der Waals surface area (Å²) in [5, 5.41) is 9.51. The zero-order valence-electron chi connectivity index (χ0n) is 11.3. The predicted molar refractivity (Wildman–Crippen MR) is 79.6 cm³/mol. The number of aromatic nitrogens is 2. The van der Waals surface area contributed by atoms with Crippen molar-refractivity contribution in [2.75, 3.05) is 0 Å². The van der Waals surface area contributed by atoms with Crippen molar-refractivity contribution in [3.05, 3.63) is 64.2 Å². The summed E-state index contributed by atoms with van der Waals surface area (Å²) in [4.78, 5) is 4.48. The summed E-state index contributed by atoms with van der Waals surface area (Å²) < 4.78 is 15.8. The molecule has 3 rings (SSSR count). The molecule has 21 heavy (non-hydrogen) atoms. The lowest BCUT2D eigenvalue weighted by Gasteiger charge is -2.06. The Morgan fingerprint density at radius 3 is 2.76 bits per heavy atom. The summed E-state index contributed by atoms with van der Waals surface area (Å²) in [6.45, 7) is 0. The number of para-hydroxylation sites is 1. The molecule has 0 unspecified atom stereocenters. The lowest BCUT2D eigenvalue weighted by Crippen LogP contribution is -2.01. The van der Waals surface area contributed by atoms with E-state index in [1.807, 2.05) is 23.7 Å². The minimum atomic E-state index is -0.352. The van der Waals surface area contributed by atoms with E-state index in [2.05, 4.69) is 11.1 Å². The van der Waals surface area contributed by atoms with Gasteiger partial charge in [0.15, 0.2) is 0 Å². The van der Waals surface area contributed by atoms with Crippen molar-refractivity contribution < 1.29 is 4.39 Å². The molecule has 0 aliphatic rings. The quantitative estimate of drug-likeness (QED) is 0.721. The summed E-state index contributed by atoms with van der Waals surface area (Å²) in [5.41, 5.74) is 2.39. The average Bonchev–Trinajstić information content (AvgIpc) is 2.80. The zero-order valence-corrected chi connectivity index (χ0v) is 12.0. The lowest BCUT2D eigenvalue weighted by atomic mass is 10.1. The molecule has 3 aromatic rings. The molecular formula is C16H11ClFN3. The normalized spacial score (nSPS) is 10.8. The van der Waals surface area contributed by atoms with Gasteiger partial charge in [-0.15, -0.1) is 0 Å². The van der Waals surface area contributed by atoms with Crippen LogP contribution >= 0.6 is 11.6 Å². The first kappa shape index (κ1) is 13.6. The molecule has 0 N–H and O–H groups in total. The molecule has 0 aliphatic carbocycles. The van der Waals surface area contributed by atoms with Crippen LogP contribution in [-0.2, 0) is 13.5 Å². The van der Waals surface area contributed by atoms with E-state index in [0.29, 0.717) is 27.5 Å². The highest BCUT2D eigenvalue weighted by Crippen LogP contribution is 2.25. The molecule has 3 nitrogen and oxygen atoms in total. The van der Waals surface area contributed by atoms with E-state index >= 15 is 0 Å². The van der Waals surface area contributed by atoms with Gasteiger partial charge in [0.2, 0.25) is 0 Å². The number of imidazole rings is 1. The first-order chi connectivity index (χ1) is 10.1. The second-order valence-corrected chi connectivity index (χ2v) is 5.16. The predicted octanol–water partition coefficient (Wildman–Crippen LogP) is 3.83. The first-order valence-electron chi connectivity index (χ1n) is 6.39. The van der Waals surface area contributed by atoms with Crippen LogP contribution in [0.25, 0.3) is 11.0 Å². The molecule has 2 aromatic carbocycles. The highest BCUT2D eigenvalue weighted by molar-refractivity contribution is 6.31. The second kappa shape index (κ2) is 5.19. The Bertz CT molecular complexity index is 857. The van der Waals surface area contributed by atoms with Gasteiger partial charge in [-0.3, -0.25) is 0 Å². The van der Waals surface area contributed by atoms with Crippen LogP contribution in [0, 0.1) is 17.1 Å². The number of hydrogen-bond acceptors (Lipinski definition) is 2. The maximum absolute atomic E-state index is 13.9. The summed E-state index contributed by atoms with van der Waals surface area (Å²) in [6, 6.07) is 12.1. The lowest BCUT2D eigenvalue weighted by molar-refractivity contribution is 0.611. The molecule has 0 saturated heterocycles. The number of aryl methyl sites for hydroxylation is 1. The van der Waals surface area contributed by atoms with Gasteiger partial charge in [-0.25, -0.2) is 9.37 Å². The summed E-state index contributed by atoms with van der Waals surface area (Å²) in [6.07, 6.45) is 0.279. The Balaban J connectivity index is 2.14. The summed E-state index contributed by atoms with van der Waals surface area (Å²) in [5.74, 6) is 0.315. The summed E-state index contributed by atoms with van der Waals surface area (Å²) >= 11 is 6.06. The SMILES string of the molecule is Cn1c(Cc2c(F)cccc2Cl)nc2c(C#N)cccc21. The Kier molecular flexibility index (Phi) is 3.36. The molecule has 0 amide bonds. The van der Waals surface area contributed by atoms with Crippen molar-refractivity contribution in [1.82, 2.24) is 9.55 Å². The van der Waals surface area contributed by atoms with Crippen LogP contribution < -0.4 is 0 Å². The first-order valence-corrected chi connectivity index (χ1v) is 6.77. The van der Waals surface area contributed by atoms with E-state index in [9.17, 15) is 4.39 Å². The highest BCUT2D eigenvalue weighted by atomic mass is 35.5. The van der Waals surface area contributed by atoms with Gasteiger partial charge in [0.25, 0.3) is 0 Å². The van der Waals surface area contributed by atoms with Gasteiger partial charge >= 0.3 is 0 Å². The van der Waals surface area contributed by atoms with Gasteiger partial charge in [0, 0.05) is 24.1 Å². The third-order valence-electron chi connectivity index (χ3n) is 3.52. The third-order valence-corrected chi connectivity index (χ3v) is 3.88. The largest absolute Gasteiger partial charge is 0.331 e. The number of hydrogen-bond donors (Lipinski definition) is 0. The van der Waals surface area contributed by atoms with Crippen LogP contribution in [0.1, 0.15) is 17.0 Å². The monoisotopic (exact) mass is 299 g/mol. The topological polar surface area (TPSA) is 41.6 Å². The van der Waals surface area contributed by atoms with Crippen molar-refractivity contribution in [1.29, 1.82) is 5.26 Å². The molecule has 104 valence electrons. The number of nitrogens with zero attached hydrogens (tertiary/aromatic N) is 3. The molecule has 0 saturated carbocycles. The van der Waals surface area contributed by atoms with E-state index in [1.54, 1.807) is 18.2 Å². The van der Waals surface area contributed by atoms with E-state index < -0.39 is 0 Å². The summed E-state index contributed by atoms with van der Waals surface area (Å²) in [7, 11) is 1.85. The number of nitriles is 1. The maximum Gasteiger partial charge on any atom is 0.128 e. The highest BCUT2D eigenvalue weighted by Gasteiger charge is 2.15. The van der Waals surface area contributed by atoms with Crippen LogP contribution in [0.4, 0.5) is 4.39 Å². The zero-order chi connectivity index (χ0) is 15.0. The van der Waals surface area contributed by atoms with Gasteiger partial charge in [-0.2, -0.15) is 5.26 Å². The minimum absolute atomic E-state index is 0.279. The van der Waals surface area contributed by atoms with Crippen LogP contribution in [0.15, 0.2) is 36.4 Å². The van der Waals surface area contributed by atoms with Crippen LogP contribution in [0.2, 0.25) is 5.02 Å². The fourth-order valence-electron chi connectivity index (χ4n) is 2.37. The van der Waals surface area contributed by atoms with Gasteiger partial charge in [0.05, 0.1) is 11.1 Å². The van der Waals surface area contributed by atoms with Crippen molar-refractivity contribution in [3.63, 3.8) is 0 Å². The number of halogens is 2. The molecule has 1 aromatic heterocycles. The van der Waals surface area contributed by atoms with Crippen molar-refractivity contribution in [3.8, 4) is 6.07 Å². The molecule has 1 heterocycles. The second-order valence-electron chi connectivity index (χ2n) is 4.75. The molecule has 0 atom stereocenters. The molecule has 0 aliphatic heterocycles. The van der Waals surface area contributed by atoms with E-state index in [4.69, 9.17) is 16.9 Å². The fraction of sp³-hybridized carbons (Fsp3) is 0.125. The molecule has 0 fully saturated rings. The fourth-order valence-corrected chi connectivity index (χ4v) is 2.60. The standard InChI is InChI=1S/C16H11ClFN3/c1-21-14-7-2-4-10(9-19)16(14)20-15(21)8-11-12(17)5-3-6-13(11)18/h2-7H,8H2,1H3. The average molecular weight is 300 g/mol. The molecular weight excluding hydrogens is 289 g/mol. The van der Waals surface area contributed by atoms with Crippen molar-refractivity contribution in [2.45, 2.75) is 6.42 Å². The molecule has 0 bridgehead atoms. The Labute approximate surface area is 126 Å². The Morgan fingerprint density at radius 2 is 2.05 bits per heavy atom. The van der Waals surface area contributed by atoms with Gasteiger partial charge < -0.3 is 4.57 Å². The molecule has 5 heteroatoms. The number of rotatable bonds is 2. The number of benzene rings is 2.